The van der Waals surface area contributed by atoms with E-state index in [9.17, 15) is 0 Å². The summed E-state index contributed by atoms with van der Waals surface area (Å²) in [5.41, 5.74) is 6.14. The average Bonchev–Trinajstić information content (AvgIpc) is 1.67. The van der Waals surface area contributed by atoms with Crippen molar-refractivity contribution in [2.75, 3.05) is 0 Å². The Hall–Kier alpha value is -0.610. The summed E-state index contributed by atoms with van der Waals surface area (Å²) < 4.78 is 0. The van der Waals surface area contributed by atoms with Crippen molar-refractivity contribution in [3.05, 3.63) is 0 Å². The van der Waals surface area contributed by atoms with Crippen LogP contribution < -0.4 is 11.2 Å². The molecule has 0 radical (unpaired) electrons. The zero-order valence-electron chi connectivity index (χ0n) is 5.02. The number of rotatable bonds is 2. The predicted molar refractivity (Wildman–Crippen MR) is 30.9 cm³/mol. The van der Waals surface area contributed by atoms with Crippen LogP contribution in [0.3, 0.4) is 0 Å². The van der Waals surface area contributed by atoms with Crippen molar-refractivity contribution < 1.29 is 5.21 Å². The minimum absolute atomic E-state index is 0.0833. The van der Waals surface area contributed by atoms with Crippen LogP contribution in [0.25, 0.3) is 0 Å². The average molecular weight is 117 g/mol. The van der Waals surface area contributed by atoms with Crippen molar-refractivity contribution in [3.63, 3.8) is 0 Å². The van der Waals surface area contributed by atoms with Crippen molar-refractivity contribution in [2.45, 2.75) is 19.4 Å². The summed E-state index contributed by atoms with van der Waals surface area (Å²) in [4.78, 5) is 0. The number of nitrogens with two attached hydrogens (primary N) is 1. The molecule has 0 aromatic carbocycles. The van der Waals surface area contributed by atoms with Crippen LogP contribution in [0, 0.1) is 5.41 Å². The Labute approximate surface area is 48.2 Å². The van der Waals surface area contributed by atoms with E-state index in [1.807, 2.05) is 5.48 Å². The monoisotopic (exact) mass is 117 g/mol. The summed E-state index contributed by atoms with van der Waals surface area (Å²) in [5.74, 6) is -0.0833. The Morgan fingerprint density at radius 3 is 2.12 bits per heavy atom. The van der Waals surface area contributed by atoms with Crippen molar-refractivity contribution in [2.24, 2.45) is 5.73 Å². The normalized spacial score (nSPS) is 11.4. The van der Waals surface area contributed by atoms with E-state index in [4.69, 9.17) is 16.4 Å². The SMILES string of the molecule is CC(C)(NO)C(=N)N. The van der Waals surface area contributed by atoms with Gasteiger partial charge in [-0.15, -0.1) is 0 Å². The number of hydrogen-bond acceptors (Lipinski definition) is 3. The molecule has 0 amide bonds. The third-order valence-corrected chi connectivity index (χ3v) is 0.953. The van der Waals surface area contributed by atoms with E-state index in [1.54, 1.807) is 13.8 Å². The lowest BCUT2D eigenvalue weighted by molar-refractivity contribution is 0.114. The van der Waals surface area contributed by atoms with Crippen LogP contribution >= 0.6 is 0 Å². The number of hydroxylamine groups is 1. The number of nitrogens with one attached hydrogen (secondary N) is 2. The Morgan fingerprint density at radius 1 is 1.75 bits per heavy atom. The van der Waals surface area contributed by atoms with Gasteiger partial charge in [-0.3, -0.25) is 5.41 Å². The first-order valence-corrected chi connectivity index (χ1v) is 2.26. The fourth-order valence-corrected chi connectivity index (χ4v) is 0.0602. The van der Waals surface area contributed by atoms with Gasteiger partial charge in [0.15, 0.2) is 0 Å². The lowest BCUT2D eigenvalue weighted by Gasteiger charge is -2.19. The van der Waals surface area contributed by atoms with Crippen molar-refractivity contribution in [3.8, 4) is 0 Å². The zero-order chi connectivity index (χ0) is 6.78. The molecule has 48 valence electrons. The number of amidine groups is 1. The molecular formula is C4H11N3O. The van der Waals surface area contributed by atoms with Gasteiger partial charge in [0.2, 0.25) is 0 Å². The second kappa shape index (κ2) is 2.11. The van der Waals surface area contributed by atoms with Gasteiger partial charge in [0.25, 0.3) is 0 Å². The second-order valence-electron chi connectivity index (χ2n) is 2.15. The quantitative estimate of drug-likeness (QED) is 0.227. The molecule has 0 bridgehead atoms. The standard InChI is InChI=1S/C4H11N3O/c1-4(2,7-8)3(5)6/h7-8H,1-2H3,(H3,5,6). The lowest BCUT2D eigenvalue weighted by atomic mass is 10.1. The van der Waals surface area contributed by atoms with E-state index in [2.05, 4.69) is 0 Å². The lowest BCUT2D eigenvalue weighted by Crippen LogP contribution is -2.48. The largest absolute Gasteiger partial charge is 0.386 e. The van der Waals surface area contributed by atoms with E-state index < -0.39 is 5.54 Å². The molecule has 8 heavy (non-hydrogen) atoms. The molecule has 0 atom stereocenters. The van der Waals surface area contributed by atoms with E-state index >= 15 is 0 Å². The molecule has 0 saturated carbocycles. The molecule has 5 N–H and O–H groups in total. The molecular weight excluding hydrogens is 106 g/mol. The van der Waals surface area contributed by atoms with Gasteiger partial charge in [0.05, 0.1) is 5.54 Å². The maximum absolute atomic E-state index is 8.29. The van der Waals surface area contributed by atoms with Crippen LogP contribution in [0.15, 0.2) is 0 Å². The van der Waals surface area contributed by atoms with Crippen LogP contribution in [0.4, 0.5) is 0 Å². The van der Waals surface area contributed by atoms with E-state index in [0.717, 1.165) is 0 Å². The number of hydrogen-bond donors (Lipinski definition) is 4. The van der Waals surface area contributed by atoms with Gasteiger partial charge >= 0.3 is 0 Å². The van der Waals surface area contributed by atoms with Crippen molar-refractivity contribution >= 4 is 5.84 Å². The first kappa shape index (κ1) is 7.39. The molecule has 4 nitrogen and oxygen atoms in total. The molecule has 0 aromatic rings. The molecule has 0 rings (SSSR count). The molecule has 0 aliphatic carbocycles. The van der Waals surface area contributed by atoms with Crippen molar-refractivity contribution in [1.29, 1.82) is 5.41 Å². The minimum atomic E-state index is -0.792. The first-order valence-electron chi connectivity index (χ1n) is 2.26. The van der Waals surface area contributed by atoms with Gasteiger partial charge in [0, 0.05) is 0 Å². The summed E-state index contributed by atoms with van der Waals surface area (Å²) in [6.45, 7) is 3.21. The first-order chi connectivity index (χ1) is 3.50. The summed E-state index contributed by atoms with van der Waals surface area (Å²) >= 11 is 0. The second-order valence-corrected chi connectivity index (χ2v) is 2.15. The fourth-order valence-electron chi connectivity index (χ4n) is 0.0602. The Bertz CT molecular complexity index is 99.5. The highest BCUT2D eigenvalue weighted by atomic mass is 16.5. The van der Waals surface area contributed by atoms with Crippen LogP contribution in [0.1, 0.15) is 13.8 Å². The van der Waals surface area contributed by atoms with Gasteiger partial charge in [-0.2, -0.15) is 5.48 Å². The van der Waals surface area contributed by atoms with Gasteiger partial charge in [-0.1, -0.05) is 0 Å². The topological polar surface area (TPSA) is 82.1 Å². The molecule has 0 heterocycles. The fraction of sp³-hybridized carbons (Fsp3) is 0.750. The zero-order valence-corrected chi connectivity index (χ0v) is 5.02. The summed E-state index contributed by atoms with van der Waals surface area (Å²) in [7, 11) is 0. The molecule has 0 aliphatic rings. The molecule has 0 aliphatic heterocycles. The molecule has 4 heteroatoms. The predicted octanol–water partition coefficient (Wildman–Crippen LogP) is -0.320. The summed E-state index contributed by atoms with van der Waals surface area (Å²) in [5, 5.41) is 15.1. The van der Waals surface area contributed by atoms with Gasteiger partial charge < -0.3 is 10.9 Å². The summed E-state index contributed by atoms with van der Waals surface area (Å²) in [6, 6.07) is 0. The van der Waals surface area contributed by atoms with Gasteiger partial charge in [-0.05, 0) is 13.8 Å². The molecule has 0 aromatic heterocycles. The molecule has 0 unspecified atom stereocenters. The van der Waals surface area contributed by atoms with E-state index in [-0.39, 0.29) is 5.84 Å². The highest BCUT2D eigenvalue weighted by molar-refractivity contribution is 5.86. The Morgan fingerprint density at radius 2 is 2.12 bits per heavy atom. The molecule has 0 fully saturated rings. The van der Waals surface area contributed by atoms with Crippen LogP contribution in [-0.2, 0) is 0 Å². The van der Waals surface area contributed by atoms with Crippen LogP contribution in [0.5, 0.6) is 0 Å². The van der Waals surface area contributed by atoms with Crippen LogP contribution in [-0.4, -0.2) is 16.6 Å². The Kier molecular flexibility index (Phi) is 1.94. The Balaban J connectivity index is 3.91. The third-order valence-electron chi connectivity index (χ3n) is 0.953. The maximum atomic E-state index is 8.29. The van der Waals surface area contributed by atoms with Crippen molar-refractivity contribution in [1.82, 2.24) is 5.48 Å². The smallest absolute Gasteiger partial charge is 0.113 e. The third kappa shape index (κ3) is 1.48. The highest BCUT2D eigenvalue weighted by Gasteiger charge is 2.18. The molecule has 0 saturated heterocycles. The summed E-state index contributed by atoms with van der Waals surface area (Å²) in [6.07, 6.45) is 0. The van der Waals surface area contributed by atoms with Gasteiger partial charge in [-0.25, -0.2) is 0 Å². The minimum Gasteiger partial charge on any atom is -0.386 e. The van der Waals surface area contributed by atoms with E-state index in [0.29, 0.717) is 0 Å². The van der Waals surface area contributed by atoms with Crippen LogP contribution in [0.2, 0.25) is 0 Å². The highest BCUT2D eigenvalue weighted by Crippen LogP contribution is 1.96. The van der Waals surface area contributed by atoms with Gasteiger partial charge in [0.1, 0.15) is 5.84 Å². The molecule has 0 spiro atoms. The maximum Gasteiger partial charge on any atom is 0.113 e. The van der Waals surface area contributed by atoms with E-state index in [1.165, 1.54) is 0 Å².